The maximum absolute atomic E-state index is 9.86. The highest BCUT2D eigenvalue weighted by Gasteiger charge is 2.23. The predicted molar refractivity (Wildman–Crippen MR) is 79.3 cm³/mol. The highest BCUT2D eigenvalue weighted by molar-refractivity contribution is 8.14. The number of hydrazone groups is 1. The second-order valence-electron chi connectivity index (χ2n) is 4.47. The number of nitrogens with one attached hydrogen (secondary N) is 1. The van der Waals surface area contributed by atoms with Crippen molar-refractivity contribution in [2.45, 2.75) is 12.3 Å². The second kappa shape index (κ2) is 4.97. The maximum Gasteiger partial charge on any atom is 0.126 e. The fourth-order valence-electron chi connectivity index (χ4n) is 1.95. The molecule has 0 bridgehead atoms. The smallest absolute Gasteiger partial charge is 0.126 e. The lowest BCUT2D eigenvalue weighted by Crippen LogP contribution is -2.06. The first-order chi connectivity index (χ1) is 9.24. The Bertz CT molecular complexity index is 622. The summed E-state index contributed by atoms with van der Waals surface area (Å²) in [7, 11) is 0. The van der Waals surface area contributed by atoms with Gasteiger partial charge in [-0.15, -0.1) is 0 Å². The minimum atomic E-state index is -0.0301. The molecule has 2 N–H and O–H groups in total. The van der Waals surface area contributed by atoms with E-state index in [2.05, 4.69) is 41.7 Å². The third-order valence-corrected chi connectivity index (χ3v) is 4.18. The van der Waals surface area contributed by atoms with Crippen LogP contribution >= 0.6 is 11.8 Å². The molecule has 0 radical (unpaired) electrons. The molecular weight excluding hydrogens is 256 g/mol. The molecule has 4 heteroatoms. The zero-order chi connectivity index (χ0) is 13.2. The third-order valence-electron chi connectivity index (χ3n) is 3.03. The molecule has 0 saturated carbocycles. The van der Waals surface area contributed by atoms with E-state index >= 15 is 0 Å². The summed E-state index contributed by atoms with van der Waals surface area (Å²) >= 11 is 1.62. The fourth-order valence-corrected chi connectivity index (χ4v) is 2.99. The first kappa shape index (κ1) is 12.1. The van der Waals surface area contributed by atoms with Crippen molar-refractivity contribution >= 4 is 16.8 Å². The normalized spacial score (nSPS) is 17.9. The molecule has 0 aliphatic carbocycles. The molecule has 1 atom stereocenters. The lowest BCUT2D eigenvalue weighted by atomic mass is 10.2. The third kappa shape index (κ3) is 2.44. The topological polar surface area (TPSA) is 44.6 Å². The fraction of sp³-hybridized carbons (Fsp3) is 0.133. The van der Waals surface area contributed by atoms with Crippen LogP contribution in [0.3, 0.4) is 0 Å². The first-order valence-corrected chi connectivity index (χ1v) is 6.97. The van der Waals surface area contributed by atoms with E-state index in [4.69, 9.17) is 0 Å². The quantitative estimate of drug-likeness (QED) is 0.879. The van der Waals surface area contributed by atoms with E-state index in [1.54, 1.807) is 17.8 Å². The van der Waals surface area contributed by atoms with E-state index in [0.29, 0.717) is 5.75 Å². The molecule has 1 heterocycles. The molecule has 0 spiro atoms. The zero-order valence-corrected chi connectivity index (χ0v) is 11.3. The summed E-state index contributed by atoms with van der Waals surface area (Å²) < 4.78 is 0. The molecule has 1 aliphatic rings. The van der Waals surface area contributed by atoms with Crippen LogP contribution in [0.25, 0.3) is 0 Å². The number of benzene rings is 2. The summed E-state index contributed by atoms with van der Waals surface area (Å²) in [5, 5.41) is 15.1. The molecular formula is C15H14N2OS. The van der Waals surface area contributed by atoms with Gasteiger partial charge in [0.2, 0.25) is 0 Å². The van der Waals surface area contributed by atoms with E-state index in [9.17, 15) is 5.11 Å². The molecule has 0 saturated heterocycles. The first-order valence-electron chi connectivity index (χ1n) is 6.09. The molecule has 96 valence electrons. The summed E-state index contributed by atoms with van der Waals surface area (Å²) in [5.41, 5.74) is 6.26. The number of phenols is 1. The van der Waals surface area contributed by atoms with Gasteiger partial charge >= 0.3 is 0 Å². The van der Waals surface area contributed by atoms with Crippen molar-refractivity contribution in [1.82, 2.24) is 5.43 Å². The maximum atomic E-state index is 9.86. The monoisotopic (exact) mass is 270 g/mol. The summed E-state index contributed by atoms with van der Waals surface area (Å²) in [6.45, 7) is 2.07. The number of aromatic hydroxyl groups is 1. The standard InChI is InChI=1S/C15H14N2OS/c1-10-6-8-11(9-7-10)14-16-17-15(19-14)12-4-2-3-5-13(12)18/h2-9,15,17-18H,1H3. The average molecular weight is 270 g/mol. The van der Waals surface area contributed by atoms with Crippen molar-refractivity contribution in [2.75, 3.05) is 0 Å². The van der Waals surface area contributed by atoms with Gasteiger partial charge in [-0.05, 0) is 13.0 Å². The van der Waals surface area contributed by atoms with Crippen LogP contribution in [0.2, 0.25) is 0 Å². The largest absolute Gasteiger partial charge is 0.508 e. The Hall–Kier alpha value is -1.94. The number of aryl methyl sites for hydroxylation is 1. The van der Waals surface area contributed by atoms with Gasteiger partial charge in [0.1, 0.15) is 16.2 Å². The molecule has 0 aromatic heterocycles. The number of hydrogen-bond acceptors (Lipinski definition) is 4. The van der Waals surface area contributed by atoms with Gasteiger partial charge in [0.25, 0.3) is 0 Å². The number of rotatable bonds is 2. The predicted octanol–water partition coefficient (Wildman–Crippen LogP) is 3.40. The van der Waals surface area contributed by atoms with Crippen LogP contribution in [0.4, 0.5) is 0 Å². The van der Waals surface area contributed by atoms with Gasteiger partial charge in [-0.2, -0.15) is 5.10 Å². The Morgan fingerprint density at radius 3 is 2.58 bits per heavy atom. The van der Waals surface area contributed by atoms with Gasteiger partial charge in [0.15, 0.2) is 0 Å². The van der Waals surface area contributed by atoms with Crippen LogP contribution in [0, 0.1) is 6.92 Å². The van der Waals surface area contributed by atoms with E-state index in [1.807, 2.05) is 18.2 Å². The SMILES string of the molecule is Cc1ccc(C2=NNC(c3ccccc3O)S2)cc1. The second-order valence-corrected chi connectivity index (χ2v) is 5.56. The molecule has 2 aromatic rings. The van der Waals surface area contributed by atoms with Crippen LogP contribution in [0.15, 0.2) is 53.6 Å². The van der Waals surface area contributed by atoms with Gasteiger partial charge in [-0.1, -0.05) is 59.8 Å². The van der Waals surface area contributed by atoms with Crippen LogP contribution in [-0.4, -0.2) is 10.2 Å². The molecule has 2 aromatic carbocycles. The van der Waals surface area contributed by atoms with Crippen molar-refractivity contribution in [3.05, 3.63) is 65.2 Å². The van der Waals surface area contributed by atoms with Crippen LogP contribution in [0.1, 0.15) is 22.1 Å². The highest BCUT2D eigenvalue weighted by atomic mass is 32.2. The number of thioether (sulfide) groups is 1. The van der Waals surface area contributed by atoms with Crippen molar-refractivity contribution in [1.29, 1.82) is 0 Å². The lowest BCUT2D eigenvalue weighted by molar-refractivity contribution is 0.465. The Kier molecular flexibility index (Phi) is 3.17. The molecule has 1 aliphatic heterocycles. The number of hydrogen-bond donors (Lipinski definition) is 2. The molecule has 3 nitrogen and oxygen atoms in total. The Balaban J connectivity index is 1.80. The number of para-hydroxylation sites is 1. The minimum absolute atomic E-state index is 0.0301. The zero-order valence-electron chi connectivity index (χ0n) is 10.5. The van der Waals surface area contributed by atoms with Gasteiger partial charge in [0.05, 0.1) is 0 Å². The molecule has 19 heavy (non-hydrogen) atoms. The summed E-state index contributed by atoms with van der Waals surface area (Å²) in [4.78, 5) is 0. The average Bonchev–Trinajstić information content (AvgIpc) is 2.89. The Labute approximate surface area is 116 Å². The van der Waals surface area contributed by atoms with Crippen LogP contribution < -0.4 is 5.43 Å². The van der Waals surface area contributed by atoms with Gasteiger partial charge in [0, 0.05) is 11.1 Å². The van der Waals surface area contributed by atoms with E-state index in [-0.39, 0.29) is 5.37 Å². The molecule has 1 unspecified atom stereocenters. The van der Waals surface area contributed by atoms with Gasteiger partial charge < -0.3 is 5.11 Å². The van der Waals surface area contributed by atoms with Crippen LogP contribution in [-0.2, 0) is 0 Å². The molecule has 3 rings (SSSR count). The molecule has 0 amide bonds. The van der Waals surface area contributed by atoms with Crippen LogP contribution in [0.5, 0.6) is 5.75 Å². The number of nitrogens with zero attached hydrogens (tertiary/aromatic N) is 1. The van der Waals surface area contributed by atoms with Gasteiger partial charge in [-0.3, -0.25) is 5.43 Å². The van der Waals surface area contributed by atoms with Crippen molar-refractivity contribution in [2.24, 2.45) is 5.10 Å². The van der Waals surface area contributed by atoms with Gasteiger partial charge in [-0.25, -0.2) is 0 Å². The summed E-state index contributed by atoms with van der Waals surface area (Å²) in [6, 6.07) is 15.6. The lowest BCUT2D eigenvalue weighted by Gasteiger charge is -2.10. The van der Waals surface area contributed by atoms with Crippen molar-refractivity contribution < 1.29 is 5.11 Å². The Morgan fingerprint density at radius 1 is 1.11 bits per heavy atom. The number of phenolic OH excluding ortho intramolecular Hbond substituents is 1. The van der Waals surface area contributed by atoms with E-state index in [1.165, 1.54) is 5.56 Å². The summed E-state index contributed by atoms with van der Waals surface area (Å²) in [6.07, 6.45) is 0. The highest BCUT2D eigenvalue weighted by Crippen LogP contribution is 2.37. The summed E-state index contributed by atoms with van der Waals surface area (Å²) in [5.74, 6) is 0.299. The minimum Gasteiger partial charge on any atom is -0.508 e. The van der Waals surface area contributed by atoms with Crippen molar-refractivity contribution in [3.63, 3.8) is 0 Å². The van der Waals surface area contributed by atoms with E-state index in [0.717, 1.165) is 16.2 Å². The molecule has 0 fully saturated rings. The Morgan fingerprint density at radius 2 is 1.84 bits per heavy atom. The van der Waals surface area contributed by atoms with E-state index < -0.39 is 0 Å². The van der Waals surface area contributed by atoms with Crippen molar-refractivity contribution in [3.8, 4) is 5.75 Å².